The Morgan fingerprint density at radius 1 is 0.841 bits per heavy atom. The molecule has 7 nitrogen and oxygen atoms in total. The number of nitrogens with zero attached hydrogens (tertiary/aromatic N) is 2. The third-order valence-electron chi connectivity index (χ3n) is 6.92. The molecular weight excluding hydrogens is 662 g/mol. The molecule has 0 radical (unpaired) electrons. The van der Waals surface area contributed by atoms with Crippen LogP contribution in [0.2, 0.25) is 5.02 Å². The van der Waals surface area contributed by atoms with Gasteiger partial charge in [-0.25, -0.2) is 8.42 Å². The van der Waals surface area contributed by atoms with Crippen molar-refractivity contribution in [1.82, 2.24) is 10.2 Å². The number of carbonyl (C=O) groups excluding carboxylic acids is 2. The highest BCUT2D eigenvalue weighted by Crippen LogP contribution is 2.26. The molecule has 2 amide bonds. The fourth-order valence-corrected chi connectivity index (χ4v) is 6.65. The summed E-state index contributed by atoms with van der Waals surface area (Å²) in [6.45, 7) is 4.00. The van der Waals surface area contributed by atoms with Crippen LogP contribution in [0.4, 0.5) is 5.69 Å². The van der Waals surface area contributed by atoms with Crippen molar-refractivity contribution in [1.29, 1.82) is 0 Å². The first kappa shape index (κ1) is 33.2. The molecule has 230 valence electrons. The van der Waals surface area contributed by atoms with Gasteiger partial charge in [-0.3, -0.25) is 13.9 Å². The van der Waals surface area contributed by atoms with Crippen molar-refractivity contribution < 1.29 is 18.0 Å². The summed E-state index contributed by atoms with van der Waals surface area (Å²) in [6.07, 6.45) is 0.250. The molecule has 0 aromatic heterocycles. The number of rotatable bonds is 13. The minimum absolute atomic E-state index is 0.00685. The molecule has 0 heterocycles. The molecular formula is C34H35BrClN3O4S. The van der Waals surface area contributed by atoms with E-state index in [1.54, 1.807) is 30.3 Å². The second-order valence-corrected chi connectivity index (χ2v) is 14.0. The maximum absolute atomic E-state index is 14.4. The average molecular weight is 697 g/mol. The fraction of sp³-hybridized carbons (Fsp3) is 0.235. The van der Waals surface area contributed by atoms with E-state index in [1.807, 2.05) is 68.4 Å². The molecule has 4 aromatic rings. The standard InChI is InChI=1S/C34H35BrClN3O4S/c1-25(2)22-37-34(41)32(21-26-10-5-3-6-11-26)38(23-27-12-9-13-28(35)20-27)33(40)24-39(30-14-7-4-8-15-30)44(42,43)31-18-16-29(36)17-19-31/h3-20,25,32H,21-24H2,1-2H3,(H,37,41). The molecule has 1 N–H and O–H groups in total. The van der Waals surface area contributed by atoms with Gasteiger partial charge in [-0.15, -0.1) is 0 Å². The lowest BCUT2D eigenvalue weighted by atomic mass is 10.0. The van der Waals surface area contributed by atoms with Crippen molar-refractivity contribution >= 4 is 55.1 Å². The fourth-order valence-electron chi connectivity index (χ4n) is 4.67. The predicted molar refractivity (Wildman–Crippen MR) is 179 cm³/mol. The van der Waals surface area contributed by atoms with Crippen LogP contribution >= 0.6 is 27.5 Å². The maximum atomic E-state index is 14.4. The molecule has 0 aliphatic carbocycles. The highest BCUT2D eigenvalue weighted by Gasteiger charge is 2.34. The van der Waals surface area contributed by atoms with Crippen LogP contribution in [0.25, 0.3) is 0 Å². The van der Waals surface area contributed by atoms with Crippen LogP contribution in [0, 0.1) is 5.92 Å². The Kier molecular flexibility index (Phi) is 11.6. The molecule has 0 aliphatic rings. The van der Waals surface area contributed by atoms with Crippen molar-refractivity contribution in [2.24, 2.45) is 5.92 Å². The van der Waals surface area contributed by atoms with Crippen molar-refractivity contribution in [3.8, 4) is 0 Å². The molecule has 0 spiro atoms. The summed E-state index contributed by atoms with van der Waals surface area (Å²) < 4.78 is 29.9. The monoisotopic (exact) mass is 695 g/mol. The van der Waals surface area contributed by atoms with Crippen molar-refractivity contribution in [3.05, 3.63) is 130 Å². The van der Waals surface area contributed by atoms with Gasteiger partial charge in [0.25, 0.3) is 10.0 Å². The molecule has 0 bridgehead atoms. The number of amides is 2. The SMILES string of the molecule is CC(C)CNC(=O)C(Cc1ccccc1)N(Cc1cccc(Br)c1)C(=O)CN(c1ccccc1)S(=O)(=O)c1ccc(Cl)cc1. The molecule has 4 rings (SSSR count). The summed E-state index contributed by atoms with van der Waals surface area (Å²) in [6, 6.07) is 30.3. The van der Waals surface area contributed by atoms with Gasteiger partial charge < -0.3 is 10.2 Å². The zero-order valence-electron chi connectivity index (χ0n) is 24.6. The Hall–Kier alpha value is -3.66. The lowest BCUT2D eigenvalue weighted by Crippen LogP contribution is -2.53. The molecule has 44 heavy (non-hydrogen) atoms. The first-order valence-electron chi connectivity index (χ1n) is 14.2. The lowest BCUT2D eigenvalue weighted by molar-refractivity contribution is -0.140. The number of para-hydroxylation sites is 1. The van der Waals surface area contributed by atoms with Crippen LogP contribution in [0.5, 0.6) is 0 Å². The van der Waals surface area contributed by atoms with E-state index >= 15 is 0 Å². The van der Waals surface area contributed by atoms with Crippen LogP contribution in [-0.2, 0) is 32.6 Å². The minimum atomic E-state index is -4.19. The van der Waals surface area contributed by atoms with Gasteiger partial charge in [-0.1, -0.05) is 102 Å². The van der Waals surface area contributed by atoms with Gasteiger partial charge in [-0.2, -0.15) is 0 Å². The van der Waals surface area contributed by atoms with E-state index in [-0.39, 0.29) is 29.7 Å². The van der Waals surface area contributed by atoms with E-state index in [1.165, 1.54) is 29.2 Å². The van der Waals surface area contributed by atoms with Crippen LogP contribution in [-0.4, -0.2) is 44.3 Å². The first-order chi connectivity index (χ1) is 21.0. The van der Waals surface area contributed by atoms with Gasteiger partial charge >= 0.3 is 0 Å². The van der Waals surface area contributed by atoms with Crippen LogP contribution in [0.1, 0.15) is 25.0 Å². The number of anilines is 1. The molecule has 10 heteroatoms. The minimum Gasteiger partial charge on any atom is -0.354 e. The number of nitrogens with one attached hydrogen (secondary N) is 1. The molecule has 0 saturated carbocycles. The van der Waals surface area contributed by atoms with Gasteiger partial charge in [0.15, 0.2) is 0 Å². The summed E-state index contributed by atoms with van der Waals surface area (Å²) in [5.41, 5.74) is 1.98. The van der Waals surface area contributed by atoms with E-state index in [9.17, 15) is 18.0 Å². The Labute approximate surface area is 273 Å². The smallest absolute Gasteiger partial charge is 0.264 e. The summed E-state index contributed by atoms with van der Waals surface area (Å²) >= 11 is 9.54. The average Bonchev–Trinajstić information content (AvgIpc) is 3.01. The van der Waals surface area contributed by atoms with E-state index < -0.39 is 28.5 Å². The molecule has 4 aromatic carbocycles. The van der Waals surface area contributed by atoms with Crippen molar-refractivity contribution in [2.75, 3.05) is 17.4 Å². The number of hydrogen-bond donors (Lipinski definition) is 1. The lowest BCUT2D eigenvalue weighted by Gasteiger charge is -2.34. The van der Waals surface area contributed by atoms with E-state index in [0.29, 0.717) is 17.3 Å². The topological polar surface area (TPSA) is 86.8 Å². The summed E-state index contributed by atoms with van der Waals surface area (Å²) in [7, 11) is -4.19. The highest BCUT2D eigenvalue weighted by molar-refractivity contribution is 9.10. The third-order valence-corrected chi connectivity index (χ3v) is 9.46. The predicted octanol–water partition coefficient (Wildman–Crippen LogP) is 6.71. The largest absolute Gasteiger partial charge is 0.354 e. The number of sulfonamides is 1. The number of benzene rings is 4. The summed E-state index contributed by atoms with van der Waals surface area (Å²) in [5.74, 6) is -0.631. The first-order valence-corrected chi connectivity index (χ1v) is 16.8. The Morgan fingerprint density at radius 2 is 1.45 bits per heavy atom. The number of carbonyl (C=O) groups is 2. The Bertz CT molecular complexity index is 1650. The zero-order valence-corrected chi connectivity index (χ0v) is 27.7. The number of halogens is 2. The van der Waals surface area contributed by atoms with E-state index in [0.717, 1.165) is 19.9 Å². The van der Waals surface area contributed by atoms with E-state index in [4.69, 9.17) is 11.6 Å². The van der Waals surface area contributed by atoms with Crippen LogP contribution in [0.3, 0.4) is 0 Å². The van der Waals surface area contributed by atoms with E-state index in [2.05, 4.69) is 21.2 Å². The second kappa shape index (κ2) is 15.4. The van der Waals surface area contributed by atoms with Crippen molar-refractivity contribution in [3.63, 3.8) is 0 Å². The molecule has 0 saturated heterocycles. The zero-order chi connectivity index (χ0) is 31.7. The third kappa shape index (κ3) is 8.94. The summed E-state index contributed by atoms with van der Waals surface area (Å²) in [5, 5.41) is 3.39. The van der Waals surface area contributed by atoms with Gasteiger partial charge in [0, 0.05) is 29.0 Å². The van der Waals surface area contributed by atoms with Gasteiger partial charge in [0.2, 0.25) is 11.8 Å². The molecule has 0 fully saturated rings. The highest BCUT2D eigenvalue weighted by atomic mass is 79.9. The summed E-state index contributed by atoms with van der Waals surface area (Å²) in [4.78, 5) is 29.7. The quantitative estimate of drug-likeness (QED) is 0.168. The van der Waals surface area contributed by atoms with Crippen molar-refractivity contribution in [2.45, 2.75) is 37.8 Å². The Balaban J connectivity index is 1.78. The normalized spacial score (nSPS) is 12.0. The number of hydrogen-bond acceptors (Lipinski definition) is 4. The molecule has 0 aliphatic heterocycles. The maximum Gasteiger partial charge on any atom is 0.264 e. The van der Waals surface area contributed by atoms with Gasteiger partial charge in [0.05, 0.1) is 10.6 Å². The second-order valence-electron chi connectivity index (χ2n) is 10.8. The Morgan fingerprint density at radius 3 is 2.07 bits per heavy atom. The molecule has 1 unspecified atom stereocenters. The van der Waals surface area contributed by atoms with Gasteiger partial charge in [-0.05, 0) is 65.6 Å². The van der Waals surface area contributed by atoms with Gasteiger partial charge in [0.1, 0.15) is 12.6 Å². The molecule has 1 atom stereocenters. The van der Waals surface area contributed by atoms with Crippen LogP contribution < -0.4 is 9.62 Å². The van der Waals surface area contributed by atoms with Crippen LogP contribution in [0.15, 0.2) is 119 Å².